The molecule has 3 nitrogen and oxygen atoms in total. The van der Waals surface area contributed by atoms with Gasteiger partial charge in [0.25, 0.3) is 0 Å². The number of nitrogens with zero attached hydrogens (tertiary/aromatic N) is 1. The van der Waals surface area contributed by atoms with Crippen LogP contribution in [0.3, 0.4) is 0 Å². The molecule has 1 aromatic carbocycles. The van der Waals surface area contributed by atoms with E-state index in [2.05, 4.69) is 31.1 Å². The third kappa shape index (κ3) is 4.45. The summed E-state index contributed by atoms with van der Waals surface area (Å²) in [6.45, 7) is 7.72. The molecule has 0 saturated carbocycles. The first-order chi connectivity index (χ1) is 8.31. The Morgan fingerprint density at radius 1 is 1.33 bits per heavy atom. The lowest BCUT2D eigenvalue weighted by Crippen LogP contribution is -2.16. The third-order valence-corrected chi connectivity index (χ3v) is 2.81. The van der Waals surface area contributed by atoms with E-state index in [4.69, 9.17) is 10.00 Å². The summed E-state index contributed by atoms with van der Waals surface area (Å²) in [5.41, 5.74) is 4.29. The van der Waals surface area contributed by atoms with Gasteiger partial charge in [0.15, 0.2) is 0 Å². The summed E-state index contributed by atoms with van der Waals surface area (Å²) in [6.07, 6.45) is 0. The topological polar surface area (TPSA) is 50.1 Å². The molecule has 18 heavy (non-hydrogen) atoms. The summed E-state index contributed by atoms with van der Waals surface area (Å²) in [6, 6.07) is 6.91. The van der Waals surface area contributed by atoms with Gasteiger partial charge in [-0.05, 0) is 18.2 Å². The summed E-state index contributed by atoms with van der Waals surface area (Å²) >= 11 is 0. The van der Waals surface area contributed by atoms with Crippen LogP contribution in [0.25, 0.3) is 0 Å². The Morgan fingerprint density at radius 2 is 2.00 bits per heavy atom. The molecule has 0 fully saturated rings. The van der Waals surface area contributed by atoms with E-state index >= 15 is 0 Å². The minimum absolute atomic E-state index is 0.393. The summed E-state index contributed by atoms with van der Waals surface area (Å²) in [7, 11) is -1.51. The maximum absolute atomic E-state index is 11.0. The molecule has 0 aromatic heterocycles. The van der Waals surface area contributed by atoms with Gasteiger partial charge in [-0.25, -0.2) is 0 Å². The molecule has 92 valence electrons. The van der Waals surface area contributed by atoms with E-state index in [1.165, 1.54) is 6.92 Å². The third-order valence-electron chi connectivity index (χ3n) is 1.93. The number of ether oxygens (including phenoxy) is 1. The second-order valence-electron chi connectivity index (χ2n) is 4.92. The van der Waals surface area contributed by atoms with Crippen molar-refractivity contribution in [1.82, 2.24) is 0 Å². The molecule has 1 rings (SSSR count). The van der Waals surface area contributed by atoms with Gasteiger partial charge in [0, 0.05) is 6.92 Å². The maximum atomic E-state index is 11.0. The van der Waals surface area contributed by atoms with Crippen molar-refractivity contribution in [2.24, 2.45) is 0 Å². The zero-order chi connectivity index (χ0) is 13.8. The zero-order valence-electron chi connectivity index (χ0n) is 11.0. The quantitative estimate of drug-likeness (QED) is 0.336. The standard InChI is InChI=1S/C14H15NO2Si/c1-11(16)17-14-6-5-12(10-15)9-13(14)7-8-18(2,3)4/h5-6,9H,1-4H3. The molecule has 0 unspecified atom stereocenters. The van der Waals surface area contributed by atoms with Gasteiger partial charge in [0.2, 0.25) is 0 Å². The molecule has 0 bridgehead atoms. The van der Waals surface area contributed by atoms with Crippen molar-refractivity contribution in [3.05, 3.63) is 29.3 Å². The highest BCUT2D eigenvalue weighted by Crippen LogP contribution is 2.19. The maximum Gasteiger partial charge on any atom is 0.308 e. The number of carbonyl (C=O) groups excluding carboxylic acids is 1. The molecule has 0 radical (unpaired) electrons. The summed E-state index contributed by atoms with van der Waals surface area (Å²) < 4.78 is 5.07. The monoisotopic (exact) mass is 257 g/mol. The normalized spacial score (nSPS) is 9.94. The van der Waals surface area contributed by atoms with Crippen molar-refractivity contribution >= 4 is 14.0 Å². The fraction of sp³-hybridized carbons (Fsp3) is 0.286. The van der Waals surface area contributed by atoms with Crippen LogP contribution < -0.4 is 4.74 Å². The van der Waals surface area contributed by atoms with Crippen LogP contribution in [-0.4, -0.2) is 14.0 Å². The number of nitriles is 1. The highest BCUT2D eigenvalue weighted by atomic mass is 28.3. The first kappa shape index (κ1) is 14.0. The molecule has 0 saturated heterocycles. The lowest BCUT2D eigenvalue weighted by Gasteiger charge is -2.06. The molecule has 0 aliphatic carbocycles. The zero-order valence-corrected chi connectivity index (χ0v) is 12.0. The lowest BCUT2D eigenvalue weighted by molar-refractivity contribution is -0.131. The molecule has 1 aromatic rings. The van der Waals surface area contributed by atoms with Crippen molar-refractivity contribution in [2.75, 3.05) is 0 Å². The van der Waals surface area contributed by atoms with Gasteiger partial charge < -0.3 is 4.74 Å². The first-order valence-corrected chi connectivity index (χ1v) is 9.07. The Hall–Kier alpha value is -2.04. The van der Waals surface area contributed by atoms with E-state index in [0.717, 1.165) is 0 Å². The van der Waals surface area contributed by atoms with Crippen LogP contribution in [0.4, 0.5) is 0 Å². The molecular formula is C14H15NO2Si. The van der Waals surface area contributed by atoms with Crippen molar-refractivity contribution < 1.29 is 9.53 Å². The van der Waals surface area contributed by atoms with E-state index in [1.807, 2.05) is 6.07 Å². The molecule has 0 N–H and O–H groups in total. The van der Waals surface area contributed by atoms with Crippen molar-refractivity contribution in [3.63, 3.8) is 0 Å². The minimum atomic E-state index is -1.51. The van der Waals surface area contributed by atoms with Gasteiger partial charge in [-0.15, -0.1) is 5.54 Å². The van der Waals surface area contributed by atoms with Crippen LogP contribution in [0.1, 0.15) is 18.1 Å². The predicted octanol–water partition coefficient (Wildman–Crippen LogP) is 2.71. The highest BCUT2D eigenvalue weighted by molar-refractivity contribution is 6.83. The van der Waals surface area contributed by atoms with Crippen LogP contribution in [-0.2, 0) is 4.79 Å². The van der Waals surface area contributed by atoms with Crippen LogP contribution in [0, 0.1) is 22.8 Å². The molecule has 0 heterocycles. The van der Waals surface area contributed by atoms with Gasteiger partial charge in [0.05, 0.1) is 17.2 Å². The Balaban J connectivity index is 3.23. The van der Waals surface area contributed by atoms with Crippen molar-refractivity contribution in [3.8, 4) is 23.3 Å². The molecule has 0 amide bonds. The molecule has 0 aliphatic heterocycles. The first-order valence-electron chi connectivity index (χ1n) is 5.57. The minimum Gasteiger partial charge on any atom is -0.425 e. The van der Waals surface area contributed by atoms with Crippen LogP contribution in [0.2, 0.25) is 19.6 Å². The molecule has 0 spiro atoms. The number of benzene rings is 1. The Morgan fingerprint density at radius 3 is 2.50 bits per heavy atom. The van der Waals surface area contributed by atoms with E-state index in [0.29, 0.717) is 16.9 Å². The van der Waals surface area contributed by atoms with E-state index in [9.17, 15) is 4.79 Å². The van der Waals surface area contributed by atoms with Crippen molar-refractivity contribution in [2.45, 2.75) is 26.6 Å². The Labute approximate surface area is 108 Å². The molecule has 0 aliphatic rings. The molecule has 4 heteroatoms. The highest BCUT2D eigenvalue weighted by Gasteiger charge is 2.10. The fourth-order valence-corrected chi connectivity index (χ4v) is 1.71. The molecule has 0 atom stereocenters. The Bertz CT molecular complexity index is 568. The van der Waals surface area contributed by atoms with Crippen LogP contribution in [0.5, 0.6) is 5.75 Å². The average molecular weight is 257 g/mol. The van der Waals surface area contributed by atoms with E-state index in [-0.39, 0.29) is 0 Å². The number of rotatable bonds is 1. The van der Waals surface area contributed by atoms with E-state index < -0.39 is 14.0 Å². The molecular weight excluding hydrogens is 242 g/mol. The predicted molar refractivity (Wildman–Crippen MR) is 72.7 cm³/mol. The van der Waals surface area contributed by atoms with Gasteiger partial charge in [-0.1, -0.05) is 25.6 Å². The second kappa shape index (κ2) is 5.53. The smallest absolute Gasteiger partial charge is 0.308 e. The van der Waals surface area contributed by atoms with E-state index in [1.54, 1.807) is 18.2 Å². The van der Waals surface area contributed by atoms with Crippen LogP contribution >= 0.6 is 0 Å². The summed E-state index contributed by atoms with van der Waals surface area (Å²) in [5.74, 6) is 3.03. The fourth-order valence-electron chi connectivity index (χ4n) is 1.20. The van der Waals surface area contributed by atoms with Crippen molar-refractivity contribution in [1.29, 1.82) is 5.26 Å². The summed E-state index contributed by atoms with van der Waals surface area (Å²) in [4.78, 5) is 11.0. The number of esters is 1. The van der Waals surface area contributed by atoms with Crippen LogP contribution in [0.15, 0.2) is 18.2 Å². The average Bonchev–Trinajstić information content (AvgIpc) is 2.26. The SMILES string of the molecule is CC(=O)Oc1ccc(C#N)cc1C#C[Si](C)(C)C. The Kier molecular flexibility index (Phi) is 4.31. The number of hydrogen-bond donors (Lipinski definition) is 0. The summed E-state index contributed by atoms with van der Waals surface area (Å²) in [5, 5.41) is 8.87. The largest absolute Gasteiger partial charge is 0.425 e. The van der Waals surface area contributed by atoms with Gasteiger partial charge in [0.1, 0.15) is 13.8 Å². The van der Waals surface area contributed by atoms with Gasteiger partial charge >= 0.3 is 5.97 Å². The van der Waals surface area contributed by atoms with Gasteiger partial charge in [-0.3, -0.25) is 4.79 Å². The second-order valence-corrected chi connectivity index (χ2v) is 9.67. The number of carbonyl (C=O) groups is 1. The lowest BCUT2D eigenvalue weighted by atomic mass is 10.1. The van der Waals surface area contributed by atoms with Gasteiger partial charge in [-0.2, -0.15) is 5.26 Å². The number of hydrogen-bond acceptors (Lipinski definition) is 3.